The third-order valence-corrected chi connectivity index (χ3v) is 12.5. The molecule has 1 radical (unpaired) electrons. The molecular formula is C48H61BBrF6N6O6Y-. The van der Waals surface area contributed by atoms with Crippen LogP contribution in [-0.4, -0.2) is 117 Å². The second kappa shape index (κ2) is 25.0. The number of alkyl halides is 6. The molecule has 3 aliphatic rings. The van der Waals surface area contributed by atoms with Crippen LogP contribution < -0.4 is 35.7 Å². The summed E-state index contributed by atoms with van der Waals surface area (Å²) in [5.41, 5.74) is 5.09. The van der Waals surface area contributed by atoms with Crippen LogP contribution in [0.1, 0.15) is 48.0 Å². The number of hydrogen-bond donors (Lipinski definition) is 4. The molecule has 4 aromatic carbocycles. The number of carbonyl (C=O) groups is 2. The minimum Gasteiger partial charge on any atom is -0.399 e. The van der Waals surface area contributed by atoms with E-state index in [1.54, 1.807) is 48.5 Å². The standard InChI is InChI=1S/C26H33BF3N3O4.C20H21BrF3N3O2.CH4.CH3.Y/c1-24(2)25(3,4)37-27(36-24)18-5-9-20(10-6-18)32-13-15-33(16-14-32)21-11-7-19(8-12-21)31-23(35)22(34)17-26(28,29)30;21-14-1-5-16(6-2-14)26-9-11-27(12-10-26)17-7-3-15(4-8-17)25-19(29)18(28)13-20(22,23)24;;;/h5-12,22,34H,13-17H2,1-4H3,(H,31,35);1-8,18,28H,9-13H2,(H,25,29);1H4;1H3;/q;;;-1;. The fraction of sp³-hybridized carbons (Fsp3) is 0.438. The summed E-state index contributed by atoms with van der Waals surface area (Å²) < 4.78 is 87.2. The first-order valence-corrected chi connectivity index (χ1v) is 22.3. The number of halogens is 7. The molecule has 3 aliphatic heterocycles. The van der Waals surface area contributed by atoms with E-state index in [2.05, 4.69) is 70.4 Å². The van der Waals surface area contributed by atoms with Crippen molar-refractivity contribution in [2.24, 2.45) is 0 Å². The first kappa shape index (κ1) is 59.4. The number of amides is 2. The average molecular weight is 1110 g/mol. The number of aliphatic hydroxyl groups excluding tert-OH is 2. The molecule has 0 bridgehead atoms. The Bertz CT molecular complexity index is 2210. The number of nitrogens with one attached hydrogen (secondary N) is 2. The Balaban J connectivity index is 0.000000359. The van der Waals surface area contributed by atoms with Gasteiger partial charge < -0.3 is 57.2 Å². The predicted octanol–water partition coefficient (Wildman–Crippen LogP) is 8.68. The van der Waals surface area contributed by atoms with E-state index in [1.165, 1.54) is 5.69 Å². The van der Waals surface area contributed by atoms with E-state index in [0.717, 1.165) is 79.4 Å². The zero-order chi connectivity index (χ0) is 48.0. The van der Waals surface area contributed by atoms with E-state index in [1.807, 2.05) is 52.0 Å². The van der Waals surface area contributed by atoms with Gasteiger partial charge in [0.2, 0.25) is 0 Å². The van der Waals surface area contributed by atoms with Crippen molar-refractivity contribution in [1.82, 2.24) is 0 Å². The van der Waals surface area contributed by atoms with Crippen molar-refractivity contribution in [2.75, 3.05) is 82.6 Å². The molecule has 2 unspecified atom stereocenters. The van der Waals surface area contributed by atoms with E-state index in [0.29, 0.717) is 11.4 Å². The van der Waals surface area contributed by atoms with Gasteiger partial charge in [-0.2, -0.15) is 26.3 Å². The van der Waals surface area contributed by atoms with Crippen LogP contribution in [0.15, 0.2) is 102 Å². The molecule has 3 saturated heterocycles. The summed E-state index contributed by atoms with van der Waals surface area (Å²) in [7, 11) is -0.392. The van der Waals surface area contributed by atoms with Crippen molar-refractivity contribution in [2.45, 2.75) is 83.7 Å². The molecular weight excluding hydrogens is 1050 g/mol. The molecule has 21 heteroatoms. The maximum atomic E-state index is 12.4. The quantitative estimate of drug-likeness (QED) is 0.0658. The van der Waals surface area contributed by atoms with Gasteiger partial charge in [0.1, 0.15) is 12.2 Å². The van der Waals surface area contributed by atoms with E-state index >= 15 is 0 Å². The molecule has 4 aromatic rings. The smallest absolute Gasteiger partial charge is 0.399 e. The second-order valence-electron chi connectivity index (χ2n) is 17.3. The van der Waals surface area contributed by atoms with Gasteiger partial charge in [0.15, 0.2) is 0 Å². The predicted molar refractivity (Wildman–Crippen MR) is 262 cm³/mol. The van der Waals surface area contributed by atoms with Crippen LogP contribution in [0.5, 0.6) is 0 Å². The van der Waals surface area contributed by atoms with Gasteiger partial charge in [-0.05, 0) is 118 Å². The summed E-state index contributed by atoms with van der Waals surface area (Å²) in [5.74, 6) is -2.15. The van der Waals surface area contributed by atoms with Crippen molar-refractivity contribution in [3.63, 3.8) is 0 Å². The zero-order valence-electron chi connectivity index (χ0n) is 38.6. The largest absolute Gasteiger partial charge is 0.494 e. The molecule has 3 heterocycles. The SMILES string of the molecule is C.CC1(C)OB(c2ccc(N3CCN(c4ccc(NC(=O)C(O)CC(F)(F)F)cc4)CC3)cc2)OC1(C)C.O=C(Nc1ccc(N2CCN(c3ccc(Br)cc3)CC2)cc1)C(O)CC(F)(F)F.[CH3-].[Y]. The van der Waals surface area contributed by atoms with Gasteiger partial charge in [-0.15, -0.1) is 0 Å². The number of anilines is 6. The van der Waals surface area contributed by atoms with Crippen LogP contribution in [0.4, 0.5) is 60.5 Å². The summed E-state index contributed by atoms with van der Waals surface area (Å²) in [4.78, 5) is 32.5. The Morgan fingerprint density at radius 3 is 1.12 bits per heavy atom. The van der Waals surface area contributed by atoms with Crippen LogP contribution >= 0.6 is 15.9 Å². The number of aliphatic hydroxyl groups is 2. The van der Waals surface area contributed by atoms with Gasteiger partial charge in [0.05, 0.1) is 24.0 Å². The molecule has 69 heavy (non-hydrogen) atoms. The number of nitrogens with zero attached hydrogens (tertiary/aromatic N) is 4. The second-order valence-corrected chi connectivity index (χ2v) is 18.3. The van der Waals surface area contributed by atoms with Crippen LogP contribution in [0.3, 0.4) is 0 Å². The summed E-state index contributed by atoms with van der Waals surface area (Å²) in [6.45, 7) is 14.7. The van der Waals surface area contributed by atoms with Crippen LogP contribution in [0, 0.1) is 7.43 Å². The van der Waals surface area contributed by atoms with E-state index in [4.69, 9.17) is 9.31 Å². The summed E-state index contributed by atoms with van der Waals surface area (Å²) in [6.07, 6.45) is -16.6. The Kier molecular flexibility index (Phi) is 21.5. The number of rotatable bonds is 11. The van der Waals surface area contributed by atoms with Crippen molar-refractivity contribution in [3.05, 3.63) is 109 Å². The van der Waals surface area contributed by atoms with E-state index in [-0.39, 0.29) is 58.8 Å². The van der Waals surface area contributed by atoms with Gasteiger partial charge in [-0.3, -0.25) is 9.59 Å². The molecule has 0 spiro atoms. The normalized spacial score (nSPS) is 17.5. The van der Waals surface area contributed by atoms with Crippen molar-refractivity contribution >= 4 is 74.4 Å². The number of benzene rings is 4. The van der Waals surface area contributed by atoms with Gasteiger partial charge in [0, 0.05) is 124 Å². The first-order chi connectivity index (χ1) is 30.9. The first-order valence-electron chi connectivity index (χ1n) is 21.5. The molecule has 375 valence electrons. The topological polar surface area (TPSA) is 130 Å². The molecule has 3 fully saturated rings. The van der Waals surface area contributed by atoms with Crippen molar-refractivity contribution in [3.8, 4) is 0 Å². The van der Waals surface area contributed by atoms with E-state index < -0.39 is 56.3 Å². The Hall–Kier alpha value is -3.91. The van der Waals surface area contributed by atoms with Crippen LogP contribution in [0.25, 0.3) is 0 Å². The van der Waals surface area contributed by atoms with Gasteiger partial charge in [-0.25, -0.2) is 0 Å². The minimum absolute atomic E-state index is 0. The Labute approximate surface area is 435 Å². The number of hydrogen-bond acceptors (Lipinski definition) is 10. The Morgan fingerprint density at radius 1 is 0.580 bits per heavy atom. The minimum atomic E-state index is -4.61. The van der Waals surface area contributed by atoms with Crippen molar-refractivity contribution in [1.29, 1.82) is 0 Å². The van der Waals surface area contributed by atoms with Gasteiger partial charge in [0.25, 0.3) is 11.8 Å². The summed E-state index contributed by atoms with van der Waals surface area (Å²) in [5, 5.41) is 23.4. The molecule has 2 atom stereocenters. The fourth-order valence-corrected chi connectivity index (χ4v) is 7.77. The fourth-order valence-electron chi connectivity index (χ4n) is 7.51. The zero-order valence-corrected chi connectivity index (χ0v) is 43.0. The Morgan fingerprint density at radius 2 is 0.841 bits per heavy atom. The van der Waals surface area contributed by atoms with Crippen molar-refractivity contribution < 1.29 is 88.2 Å². The number of carbonyl (C=O) groups excluding carboxylic acids is 2. The van der Waals surface area contributed by atoms with Gasteiger partial charge >= 0.3 is 19.5 Å². The van der Waals surface area contributed by atoms with Crippen LogP contribution in [-0.2, 0) is 51.6 Å². The molecule has 0 aromatic heterocycles. The molecule has 0 aliphatic carbocycles. The van der Waals surface area contributed by atoms with E-state index in [9.17, 15) is 46.1 Å². The maximum Gasteiger partial charge on any atom is 0.494 e. The average Bonchev–Trinajstić information content (AvgIpc) is 3.49. The monoisotopic (exact) mass is 1110 g/mol. The maximum absolute atomic E-state index is 12.4. The molecule has 12 nitrogen and oxygen atoms in total. The molecule has 7 rings (SSSR count). The molecule has 2 amide bonds. The van der Waals surface area contributed by atoms with Crippen LogP contribution in [0.2, 0.25) is 0 Å². The molecule has 0 saturated carbocycles. The third kappa shape index (κ3) is 16.9. The molecule has 4 N–H and O–H groups in total. The summed E-state index contributed by atoms with van der Waals surface area (Å²) >= 11 is 3.43. The third-order valence-electron chi connectivity index (χ3n) is 12.0. The summed E-state index contributed by atoms with van der Waals surface area (Å²) in [6, 6.07) is 30.1. The number of piperazine rings is 2. The van der Waals surface area contributed by atoms with Gasteiger partial charge in [-0.1, -0.05) is 35.5 Å².